The Morgan fingerprint density at radius 2 is 2.00 bits per heavy atom. The zero-order valence-electron chi connectivity index (χ0n) is 13.1. The van der Waals surface area contributed by atoms with Crippen LogP contribution in [0.2, 0.25) is 0 Å². The van der Waals surface area contributed by atoms with Gasteiger partial charge >= 0.3 is 5.97 Å². The Morgan fingerprint density at radius 3 is 2.71 bits per heavy atom. The Labute approximate surface area is 138 Å². The molecule has 1 aliphatic rings. The molecule has 1 saturated carbocycles. The van der Waals surface area contributed by atoms with Crippen LogP contribution in [0.1, 0.15) is 34.5 Å². The Hall–Kier alpha value is -2.82. The topological polar surface area (TPSA) is 52.1 Å². The summed E-state index contributed by atoms with van der Waals surface area (Å²) in [7, 11) is 1.35. The number of aromatic nitrogens is 2. The van der Waals surface area contributed by atoms with Crippen molar-refractivity contribution in [3.63, 3.8) is 0 Å². The second-order valence-electron chi connectivity index (χ2n) is 6.00. The van der Waals surface area contributed by atoms with Gasteiger partial charge in [0.25, 0.3) is 0 Å². The molecule has 0 spiro atoms. The molecule has 4 rings (SSSR count). The van der Waals surface area contributed by atoms with Gasteiger partial charge < -0.3 is 4.74 Å². The Bertz CT molecular complexity index is 951. The summed E-state index contributed by atoms with van der Waals surface area (Å²) >= 11 is 0. The Balaban J connectivity index is 1.90. The van der Waals surface area contributed by atoms with Gasteiger partial charge in [0.2, 0.25) is 0 Å². The molecule has 4 nitrogen and oxygen atoms in total. The summed E-state index contributed by atoms with van der Waals surface area (Å²) in [6.07, 6.45) is 4.86. The highest BCUT2D eigenvalue weighted by Crippen LogP contribution is 2.53. The van der Waals surface area contributed by atoms with E-state index in [-0.39, 0.29) is 5.82 Å². The highest BCUT2D eigenvalue weighted by atomic mass is 19.1. The van der Waals surface area contributed by atoms with Gasteiger partial charge in [-0.1, -0.05) is 6.07 Å². The molecule has 0 atom stereocenters. The summed E-state index contributed by atoms with van der Waals surface area (Å²) in [5, 5.41) is 0.712. The van der Waals surface area contributed by atoms with E-state index in [1.54, 1.807) is 24.5 Å². The first kappa shape index (κ1) is 14.8. The fourth-order valence-electron chi connectivity index (χ4n) is 3.26. The van der Waals surface area contributed by atoms with Crippen LogP contribution >= 0.6 is 0 Å². The molecule has 1 aromatic carbocycles. The molecule has 2 heterocycles. The minimum absolute atomic E-state index is 0.297. The van der Waals surface area contributed by atoms with Crippen molar-refractivity contribution in [3.8, 4) is 0 Å². The third-order valence-corrected chi connectivity index (χ3v) is 4.66. The fraction of sp³-hybridized carbons (Fsp3) is 0.211. The van der Waals surface area contributed by atoms with Crippen LogP contribution < -0.4 is 0 Å². The zero-order chi connectivity index (χ0) is 16.7. The number of hydrogen-bond acceptors (Lipinski definition) is 4. The lowest BCUT2D eigenvalue weighted by Crippen LogP contribution is -2.13. The molecule has 1 fully saturated rings. The van der Waals surface area contributed by atoms with Crippen LogP contribution in [-0.4, -0.2) is 23.0 Å². The number of rotatable bonds is 3. The molecule has 120 valence electrons. The maximum Gasteiger partial charge on any atom is 0.338 e. The van der Waals surface area contributed by atoms with Gasteiger partial charge in [-0.2, -0.15) is 0 Å². The summed E-state index contributed by atoms with van der Waals surface area (Å²) in [4.78, 5) is 20.6. The lowest BCUT2D eigenvalue weighted by atomic mass is 9.90. The predicted octanol–water partition coefficient (Wildman–Crippen LogP) is 3.64. The number of benzene rings is 1. The van der Waals surface area contributed by atoms with E-state index in [0.29, 0.717) is 22.2 Å². The molecule has 0 saturated heterocycles. The van der Waals surface area contributed by atoms with Gasteiger partial charge in [-0.15, -0.1) is 0 Å². The Morgan fingerprint density at radius 1 is 1.17 bits per heavy atom. The molecule has 1 aliphatic carbocycles. The quantitative estimate of drug-likeness (QED) is 0.691. The van der Waals surface area contributed by atoms with E-state index < -0.39 is 11.4 Å². The average molecular weight is 322 g/mol. The van der Waals surface area contributed by atoms with Crippen molar-refractivity contribution in [1.82, 2.24) is 9.97 Å². The molecule has 24 heavy (non-hydrogen) atoms. The summed E-state index contributed by atoms with van der Waals surface area (Å²) in [5.41, 5.74) is 2.17. The highest BCUT2D eigenvalue weighted by Gasteiger charge is 2.49. The first-order valence-electron chi connectivity index (χ1n) is 7.74. The molecule has 0 bridgehead atoms. The van der Waals surface area contributed by atoms with Crippen molar-refractivity contribution >= 4 is 16.9 Å². The van der Waals surface area contributed by atoms with Gasteiger partial charge in [0.05, 0.1) is 23.9 Å². The predicted molar refractivity (Wildman–Crippen MR) is 87.3 cm³/mol. The van der Waals surface area contributed by atoms with E-state index in [1.165, 1.54) is 13.2 Å². The van der Waals surface area contributed by atoms with Crippen molar-refractivity contribution < 1.29 is 13.9 Å². The average Bonchev–Trinajstić information content (AvgIpc) is 3.42. The number of halogens is 1. The van der Waals surface area contributed by atoms with Gasteiger partial charge in [-0.3, -0.25) is 9.97 Å². The fourth-order valence-corrected chi connectivity index (χ4v) is 3.26. The van der Waals surface area contributed by atoms with Gasteiger partial charge in [-0.05, 0) is 48.7 Å². The summed E-state index contributed by atoms with van der Waals surface area (Å²) in [5.74, 6) is -0.706. The van der Waals surface area contributed by atoms with E-state index in [1.807, 2.05) is 18.2 Å². The van der Waals surface area contributed by atoms with Gasteiger partial charge in [0, 0.05) is 23.2 Å². The van der Waals surface area contributed by atoms with Crippen LogP contribution in [0.5, 0.6) is 0 Å². The van der Waals surface area contributed by atoms with Crippen molar-refractivity contribution in [2.24, 2.45) is 0 Å². The number of ether oxygens (including phenoxy) is 1. The zero-order valence-corrected chi connectivity index (χ0v) is 13.1. The lowest BCUT2D eigenvalue weighted by Gasteiger charge is -2.17. The van der Waals surface area contributed by atoms with Gasteiger partial charge in [0.1, 0.15) is 5.82 Å². The third kappa shape index (κ3) is 2.16. The summed E-state index contributed by atoms with van der Waals surface area (Å²) < 4.78 is 19.1. The van der Waals surface area contributed by atoms with Crippen molar-refractivity contribution in [1.29, 1.82) is 0 Å². The standard InChI is InChI=1S/C19H15FN2O2/c1-24-18(23)13-6-10-21-16-5-4-12(11-14(13)16)19(7-8-19)17-15(20)3-2-9-22-17/h2-6,9-11H,7-8H2,1H3. The summed E-state index contributed by atoms with van der Waals surface area (Å²) in [6, 6.07) is 10.4. The molecule has 0 N–H and O–H groups in total. The van der Waals surface area contributed by atoms with Crippen LogP contribution in [0.3, 0.4) is 0 Å². The van der Waals surface area contributed by atoms with Crippen molar-refractivity contribution in [3.05, 3.63) is 71.4 Å². The summed E-state index contributed by atoms with van der Waals surface area (Å²) in [6.45, 7) is 0. The molecule has 0 aliphatic heterocycles. The maximum absolute atomic E-state index is 14.2. The minimum Gasteiger partial charge on any atom is -0.465 e. The first-order chi connectivity index (χ1) is 11.7. The smallest absolute Gasteiger partial charge is 0.338 e. The molecule has 5 heteroatoms. The molecule has 2 aromatic heterocycles. The largest absolute Gasteiger partial charge is 0.465 e. The number of carbonyl (C=O) groups is 1. The van der Waals surface area contributed by atoms with E-state index in [9.17, 15) is 9.18 Å². The molecule has 0 unspecified atom stereocenters. The van der Waals surface area contributed by atoms with E-state index >= 15 is 0 Å². The molecular formula is C19H15FN2O2. The van der Waals surface area contributed by atoms with Crippen molar-refractivity contribution in [2.75, 3.05) is 7.11 Å². The van der Waals surface area contributed by atoms with Crippen LogP contribution in [-0.2, 0) is 10.2 Å². The number of hydrogen-bond donors (Lipinski definition) is 0. The van der Waals surface area contributed by atoms with Gasteiger partial charge in [0.15, 0.2) is 0 Å². The minimum atomic E-state index is -0.414. The van der Waals surface area contributed by atoms with Crippen LogP contribution in [0.4, 0.5) is 4.39 Å². The second-order valence-corrected chi connectivity index (χ2v) is 6.00. The number of pyridine rings is 2. The Kier molecular flexibility index (Phi) is 3.30. The number of esters is 1. The third-order valence-electron chi connectivity index (χ3n) is 4.66. The number of fused-ring (bicyclic) bond motifs is 1. The van der Waals surface area contributed by atoms with Crippen LogP contribution in [0.25, 0.3) is 10.9 Å². The number of carbonyl (C=O) groups excluding carboxylic acids is 1. The molecular weight excluding hydrogens is 307 g/mol. The number of nitrogens with zero attached hydrogens (tertiary/aromatic N) is 2. The van der Waals surface area contributed by atoms with Crippen LogP contribution in [0.15, 0.2) is 48.8 Å². The molecule has 0 radical (unpaired) electrons. The lowest BCUT2D eigenvalue weighted by molar-refractivity contribution is 0.0603. The van der Waals surface area contributed by atoms with E-state index in [0.717, 1.165) is 18.4 Å². The van der Waals surface area contributed by atoms with Crippen molar-refractivity contribution in [2.45, 2.75) is 18.3 Å². The monoisotopic (exact) mass is 322 g/mol. The molecule has 0 amide bonds. The normalized spacial score (nSPS) is 15.2. The number of methoxy groups -OCH3 is 1. The highest BCUT2D eigenvalue weighted by molar-refractivity contribution is 6.03. The second kappa shape index (κ2) is 5.37. The van der Waals surface area contributed by atoms with Gasteiger partial charge in [-0.25, -0.2) is 9.18 Å². The van der Waals surface area contributed by atoms with Crippen LogP contribution in [0, 0.1) is 5.82 Å². The van der Waals surface area contributed by atoms with E-state index in [2.05, 4.69) is 9.97 Å². The molecule has 3 aromatic rings. The van der Waals surface area contributed by atoms with E-state index in [4.69, 9.17) is 4.74 Å². The first-order valence-corrected chi connectivity index (χ1v) is 7.74. The SMILES string of the molecule is COC(=O)c1ccnc2ccc(C3(c4ncccc4F)CC3)cc12. The maximum atomic E-state index is 14.2.